The molecule has 0 saturated heterocycles. The number of carboxylic acids is 1. The summed E-state index contributed by atoms with van der Waals surface area (Å²) in [6.45, 7) is 2.85. The summed E-state index contributed by atoms with van der Waals surface area (Å²) < 4.78 is 31.3. The van der Waals surface area contributed by atoms with Crippen molar-refractivity contribution in [3.63, 3.8) is 0 Å². The lowest BCUT2D eigenvalue weighted by Crippen LogP contribution is -2.13. The number of carboxylic acid groups (broad SMARTS) is 1. The third-order valence-corrected chi connectivity index (χ3v) is 7.00. The van der Waals surface area contributed by atoms with E-state index in [-0.39, 0.29) is 44.2 Å². The minimum absolute atomic E-state index is 0.0496. The summed E-state index contributed by atoms with van der Waals surface area (Å²) in [4.78, 5) is 28.4. The lowest BCUT2D eigenvalue weighted by atomic mass is 10.0. The molecule has 3 aromatic rings. The van der Waals surface area contributed by atoms with Crippen LogP contribution in [0, 0.1) is 5.82 Å². The maximum atomic E-state index is 15.5. The van der Waals surface area contributed by atoms with Crippen LogP contribution in [-0.2, 0) is 19.0 Å². The van der Waals surface area contributed by atoms with Gasteiger partial charge in [0, 0.05) is 41.4 Å². The summed E-state index contributed by atoms with van der Waals surface area (Å²) in [5.41, 5.74) is 1.25. The molecule has 3 rings (SSSR count). The Morgan fingerprint density at radius 1 is 1.23 bits per heavy atom. The number of nitrogens with zero attached hydrogens (tertiary/aromatic N) is 1. The quantitative estimate of drug-likeness (QED) is 0.123. The van der Waals surface area contributed by atoms with E-state index in [0.717, 1.165) is 30.3 Å². The average molecular weight is 597 g/mol. The summed E-state index contributed by atoms with van der Waals surface area (Å²) in [7, 11) is 2.70. The Morgan fingerprint density at radius 3 is 2.56 bits per heavy atom. The van der Waals surface area contributed by atoms with Gasteiger partial charge in [0.15, 0.2) is 5.13 Å². The summed E-state index contributed by atoms with van der Waals surface area (Å²) >= 11 is 13.6. The molecule has 0 aliphatic carbocycles. The molecule has 2 N–H and O–H groups in total. The first-order chi connectivity index (χ1) is 18.7. The normalized spacial score (nSPS) is 12.3. The number of unbranched alkanes of at least 4 members (excludes halogenated alkanes) is 1. The number of nitrogens with one attached hydrogen (secondary N) is 1. The standard InChI is InChI=1S/C27H27Cl2FN2O6S/c1-4-5-9-38-13-23(37-3)17-8-6-7-16(24(17)30)21-14-39-27(31-21)32-25(33)15-10-19(28)18(20(29)11-15)12-22(36-2)26(34)35/h6-8,10-12,14,23H,4-5,9,13H2,1-3H3,(H,34,35)(H,31,32,33). The van der Waals surface area contributed by atoms with Gasteiger partial charge in [-0.1, -0.05) is 48.7 Å². The number of aliphatic carboxylic acids is 1. The van der Waals surface area contributed by atoms with Crippen LogP contribution >= 0.6 is 34.5 Å². The fourth-order valence-corrected chi connectivity index (χ4v) is 4.84. The van der Waals surface area contributed by atoms with Gasteiger partial charge in [0.25, 0.3) is 5.91 Å². The molecule has 1 amide bonds. The van der Waals surface area contributed by atoms with Crippen molar-refractivity contribution in [3.05, 3.63) is 74.0 Å². The molecule has 1 heterocycles. The number of hydrogen-bond acceptors (Lipinski definition) is 7. The van der Waals surface area contributed by atoms with Crippen molar-refractivity contribution < 1.29 is 33.3 Å². The second-order valence-corrected chi connectivity index (χ2v) is 9.90. The predicted octanol–water partition coefficient (Wildman–Crippen LogP) is 7.08. The summed E-state index contributed by atoms with van der Waals surface area (Å²) in [6, 6.07) is 7.64. The first-order valence-electron chi connectivity index (χ1n) is 11.8. The van der Waals surface area contributed by atoms with Gasteiger partial charge < -0.3 is 19.3 Å². The Kier molecular flexibility index (Phi) is 11.3. The number of halogens is 3. The Labute approximate surface area is 239 Å². The highest BCUT2D eigenvalue weighted by Gasteiger charge is 2.21. The fraction of sp³-hybridized carbons (Fsp3) is 0.296. The van der Waals surface area contributed by atoms with Crippen molar-refractivity contribution in [2.75, 3.05) is 32.8 Å². The smallest absolute Gasteiger partial charge is 0.371 e. The third kappa shape index (κ3) is 7.77. The van der Waals surface area contributed by atoms with Crippen molar-refractivity contribution in [2.24, 2.45) is 0 Å². The number of methoxy groups -OCH3 is 2. The van der Waals surface area contributed by atoms with E-state index < -0.39 is 23.8 Å². The second-order valence-electron chi connectivity index (χ2n) is 8.23. The van der Waals surface area contributed by atoms with Crippen molar-refractivity contribution in [2.45, 2.75) is 25.9 Å². The molecule has 208 valence electrons. The molecule has 1 unspecified atom stereocenters. The largest absolute Gasteiger partial charge is 0.490 e. The second kappa shape index (κ2) is 14.4. The van der Waals surface area contributed by atoms with E-state index in [1.807, 2.05) is 0 Å². The first kappa shape index (κ1) is 30.5. The number of rotatable bonds is 13. The van der Waals surface area contributed by atoms with Crippen LogP contribution in [0.15, 0.2) is 41.5 Å². The molecule has 0 fully saturated rings. The topological polar surface area (TPSA) is 107 Å². The number of aromatic nitrogens is 1. The van der Waals surface area contributed by atoms with Gasteiger partial charge in [-0.05, 0) is 30.7 Å². The molecule has 0 aliphatic rings. The zero-order valence-electron chi connectivity index (χ0n) is 21.4. The lowest BCUT2D eigenvalue weighted by molar-refractivity contribution is -0.135. The highest BCUT2D eigenvalue weighted by Crippen LogP contribution is 2.33. The molecule has 2 aromatic carbocycles. The van der Waals surface area contributed by atoms with Gasteiger partial charge in [-0.25, -0.2) is 14.2 Å². The SMILES string of the molecule is CCCCOCC(OC)c1cccc(-c2csc(NC(=O)c3cc(Cl)c(C=C(OC)C(=O)O)c(Cl)c3)n2)c1F. The van der Waals surface area contributed by atoms with Gasteiger partial charge in [-0.2, -0.15) is 0 Å². The van der Waals surface area contributed by atoms with Crippen molar-refractivity contribution in [1.29, 1.82) is 0 Å². The van der Waals surface area contributed by atoms with Crippen molar-refractivity contribution in [3.8, 4) is 11.3 Å². The summed E-state index contributed by atoms with van der Waals surface area (Å²) in [5.74, 6) is -2.71. The Bertz CT molecular complexity index is 1340. The minimum atomic E-state index is -1.30. The monoisotopic (exact) mass is 596 g/mol. The van der Waals surface area contributed by atoms with E-state index in [4.69, 9.17) is 42.5 Å². The third-order valence-electron chi connectivity index (χ3n) is 5.62. The van der Waals surface area contributed by atoms with Crippen LogP contribution in [0.2, 0.25) is 10.0 Å². The number of carbonyl (C=O) groups is 2. The first-order valence-corrected chi connectivity index (χ1v) is 13.5. The van der Waals surface area contributed by atoms with E-state index in [1.165, 1.54) is 26.4 Å². The van der Waals surface area contributed by atoms with Crippen LogP contribution < -0.4 is 5.32 Å². The Morgan fingerprint density at radius 2 is 1.95 bits per heavy atom. The summed E-state index contributed by atoms with van der Waals surface area (Å²) in [5, 5.41) is 13.8. The fourth-order valence-electron chi connectivity index (χ4n) is 3.53. The molecule has 0 bridgehead atoms. The van der Waals surface area contributed by atoms with Crippen LogP contribution in [0.25, 0.3) is 17.3 Å². The summed E-state index contributed by atoms with van der Waals surface area (Å²) in [6.07, 6.45) is 2.48. The van der Waals surface area contributed by atoms with Gasteiger partial charge in [-0.15, -0.1) is 11.3 Å². The maximum absolute atomic E-state index is 15.5. The molecule has 0 radical (unpaired) electrons. The van der Waals surface area contributed by atoms with Crippen LogP contribution in [0.3, 0.4) is 0 Å². The van der Waals surface area contributed by atoms with Gasteiger partial charge >= 0.3 is 5.97 Å². The molecule has 0 aliphatic heterocycles. The van der Waals surface area contributed by atoms with Gasteiger partial charge in [0.05, 0.1) is 29.5 Å². The number of ether oxygens (including phenoxy) is 3. The van der Waals surface area contributed by atoms with Crippen molar-refractivity contribution >= 4 is 57.6 Å². The number of thiazole rings is 1. The van der Waals surface area contributed by atoms with Crippen LogP contribution in [0.5, 0.6) is 0 Å². The molecule has 0 saturated carbocycles. The number of anilines is 1. The highest BCUT2D eigenvalue weighted by atomic mass is 35.5. The van der Waals surface area contributed by atoms with Gasteiger partial charge in [0.1, 0.15) is 11.9 Å². The molecule has 1 atom stereocenters. The molecule has 8 nitrogen and oxygen atoms in total. The van der Waals surface area contributed by atoms with Crippen molar-refractivity contribution in [1.82, 2.24) is 4.98 Å². The number of hydrogen-bond donors (Lipinski definition) is 2. The van der Waals surface area contributed by atoms with Gasteiger partial charge in [-0.3, -0.25) is 10.1 Å². The van der Waals surface area contributed by atoms with E-state index in [0.29, 0.717) is 17.9 Å². The molecular weight excluding hydrogens is 570 g/mol. The lowest BCUT2D eigenvalue weighted by Gasteiger charge is -2.17. The van der Waals surface area contributed by atoms with E-state index in [1.54, 1.807) is 23.6 Å². The molecule has 0 spiro atoms. The van der Waals surface area contributed by atoms with E-state index >= 15 is 4.39 Å². The minimum Gasteiger partial charge on any atom is -0.490 e. The van der Waals surface area contributed by atoms with Crippen LogP contribution in [0.1, 0.15) is 47.4 Å². The predicted molar refractivity (Wildman–Crippen MR) is 150 cm³/mol. The molecule has 39 heavy (non-hydrogen) atoms. The Hall–Kier alpha value is -3.02. The Balaban J connectivity index is 1.79. The highest BCUT2D eigenvalue weighted by molar-refractivity contribution is 7.14. The number of benzene rings is 2. The average Bonchev–Trinajstić information content (AvgIpc) is 3.36. The van der Waals surface area contributed by atoms with E-state index in [2.05, 4.69) is 17.2 Å². The van der Waals surface area contributed by atoms with Crippen LogP contribution in [0.4, 0.5) is 9.52 Å². The maximum Gasteiger partial charge on any atom is 0.371 e. The molecule has 1 aromatic heterocycles. The van der Waals surface area contributed by atoms with Crippen LogP contribution in [-0.4, -0.2) is 49.4 Å². The molecule has 12 heteroatoms. The number of carbonyl (C=O) groups excluding carboxylic acids is 1. The molecular formula is C27H27Cl2FN2O6S. The zero-order valence-corrected chi connectivity index (χ0v) is 23.8. The number of amides is 1. The zero-order chi connectivity index (χ0) is 28.5. The van der Waals surface area contributed by atoms with E-state index in [9.17, 15) is 9.59 Å². The van der Waals surface area contributed by atoms with Gasteiger partial charge in [0.2, 0.25) is 5.76 Å².